The molecule has 9 heteroatoms. The highest BCUT2D eigenvalue weighted by molar-refractivity contribution is 5.76. The first-order chi connectivity index (χ1) is 29.3. The Kier molecular flexibility index (Phi) is 38.1. The van der Waals surface area contributed by atoms with E-state index in [1.54, 1.807) is 6.08 Å². The lowest BCUT2D eigenvalue weighted by molar-refractivity contribution is -0.302. The van der Waals surface area contributed by atoms with Crippen molar-refractivity contribution in [3.8, 4) is 0 Å². The minimum absolute atomic E-state index is 0.206. The Morgan fingerprint density at radius 1 is 0.583 bits per heavy atom. The molecule has 60 heavy (non-hydrogen) atoms. The zero-order chi connectivity index (χ0) is 43.7. The van der Waals surface area contributed by atoms with E-state index < -0.39 is 49.5 Å². The zero-order valence-electron chi connectivity index (χ0n) is 38.2. The van der Waals surface area contributed by atoms with Gasteiger partial charge in [-0.05, 0) is 64.2 Å². The fraction of sp³-hybridized carbons (Fsp3) is 0.784. The van der Waals surface area contributed by atoms with Crippen LogP contribution in [0.25, 0.3) is 0 Å². The second-order valence-corrected chi connectivity index (χ2v) is 16.9. The summed E-state index contributed by atoms with van der Waals surface area (Å²) in [5.41, 5.74) is 0. The van der Waals surface area contributed by atoms with Crippen molar-refractivity contribution in [2.24, 2.45) is 0 Å². The van der Waals surface area contributed by atoms with Crippen molar-refractivity contribution >= 4 is 5.91 Å². The van der Waals surface area contributed by atoms with Crippen molar-refractivity contribution in [3.63, 3.8) is 0 Å². The monoisotopic (exact) mass is 846 g/mol. The summed E-state index contributed by atoms with van der Waals surface area (Å²) in [4.78, 5) is 13.0. The fourth-order valence-corrected chi connectivity index (χ4v) is 7.42. The van der Waals surface area contributed by atoms with Crippen LogP contribution in [0.2, 0.25) is 0 Å². The molecule has 7 atom stereocenters. The van der Waals surface area contributed by atoms with Gasteiger partial charge in [0.25, 0.3) is 0 Å². The number of carbonyl (C=O) groups is 1. The summed E-state index contributed by atoms with van der Waals surface area (Å²) in [7, 11) is 0. The maximum Gasteiger partial charge on any atom is 0.220 e. The van der Waals surface area contributed by atoms with E-state index in [2.05, 4.69) is 67.8 Å². The van der Waals surface area contributed by atoms with Crippen molar-refractivity contribution < 1.29 is 39.8 Å². The van der Waals surface area contributed by atoms with Gasteiger partial charge < -0.3 is 40.3 Å². The fourth-order valence-electron chi connectivity index (χ4n) is 7.42. The van der Waals surface area contributed by atoms with E-state index in [4.69, 9.17) is 9.47 Å². The SMILES string of the molecule is CC/C=C\C/C=C\C/C=C\CCCCCCCC(=O)NC(COC1OC(CO)C(O)C(O)C1O)C(O)/C=C/CC/C=C/CCCCCCCCCCCCCCCCCC. The molecule has 0 spiro atoms. The highest BCUT2D eigenvalue weighted by Gasteiger charge is 2.44. The molecule has 0 aromatic heterocycles. The van der Waals surface area contributed by atoms with Crippen LogP contribution in [0.4, 0.5) is 0 Å². The predicted molar refractivity (Wildman–Crippen MR) is 249 cm³/mol. The van der Waals surface area contributed by atoms with Gasteiger partial charge in [0.05, 0.1) is 25.4 Å². The Balaban J connectivity index is 2.35. The molecular weight excluding hydrogens is 755 g/mol. The van der Waals surface area contributed by atoms with Crippen LogP contribution in [0, 0.1) is 0 Å². The van der Waals surface area contributed by atoms with Crippen molar-refractivity contribution in [1.29, 1.82) is 0 Å². The smallest absolute Gasteiger partial charge is 0.220 e. The van der Waals surface area contributed by atoms with Crippen molar-refractivity contribution in [2.75, 3.05) is 13.2 Å². The second-order valence-electron chi connectivity index (χ2n) is 16.9. The lowest BCUT2D eigenvalue weighted by Gasteiger charge is -2.40. The topological polar surface area (TPSA) is 149 Å². The van der Waals surface area contributed by atoms with Crippen LogP contribution >= 0.6 is 0 Å². The van der Waals surface area contributed by atoms with Gasteiger partial charge in [-0.3, -0.25) is 4.79 Å². The second kappa shape index (κ2) is 40.9. The van der Waals surface area contributed by atoms with Gasteiger partial charge in [-0.25, -0.2) is 0 Å². The minimum Gasteiger partial charge on any atom is -0.394 e. The summed E-state index contributed by atoms with van der Waals surface area (Å²) in [6, 6.07) is -0.832. The van der Waals surface area contributed by atoms with Crippen LogP contribution in [0.15, 0.2) is 60.8 Å². The van der Waals surface area contributed by atoms with E-state index in [0.717, 1.165) is 77.0 Å². The molecule has 0 aromatic rings. The number of aliphatic hydroxyl groups is 5. The highest BCUT2D eigenvalue weighted by Crippen LogP contribution is 2.22. The number of carbonyl (C=O) groups excluding carboxylic acids is 1. The summed E-state index contributed by atoms with van der Waals surface area (Å²) < 4.78 is 11.2. The van der Waals surface area contributed by atoms with Crippen LogP contribution in [-0.4, -0.2) is 87.5 Å². The number of aliphatic hydroxyl groups excluding tert-OH is 5. The van der Waals surface area contributed by atoms with Gasteiger partial charge in [0.2, 0.25) is 5.91 Å². The largest absolute Gasteiger partial charge is 0.394 e. The third kappa shape index (κ3) is 30.8. The molecule has 0 radical (unpaired) electrons. The van der Waals surface area contributed by atoms with Crippen LogP contribution < -0.4 is 5.32 Å². The predicted octanol–water partition coefficient (Wildman–Crippen LogP) is 10.8. The normalized spacial score (nSPS) is 21.1. The van der Waals surface area contributed by atoms with Crippen molar-refractivity contribution in [1.82, 2.24) is 5.32 Å². The van der Waals surface area contributed by atoms with E-state index in [0.29, 0.717) is 6.42 Å². The molecule has 7 unspecified atom stereocenters. The Hall–Kier alpha value is -2.11. The van der Waals surface area contributed by atoms with Gasteiger partial charge in [0, 0.05) is 6.42 Å². The third-order valence-electron chi connectivity index (χ3n) is 11.3. The van der Waals surface area contributed by atoms with Crippen LogP contribution in [-0.2, 0) is 14.3 Å². The number of nitrogens with one attached hydrogen (secondary N) is 1. The van der Waals surface area contributed by atoms with Gasteiger partial charge in [0.1, 0.15) is 24.4 Å². The number of rotatable bonds is 40. The molecule has 9 nitrogen and oxygen atoms in total. The Labute approximate surface area is 366 Å². The summed E-state index contributed by atoms with van der Waals surface area (Å²) in [6.07, 6.45) is 47.0. The Morgan fingerprint density at radius 3 is 1.60 bits per heavy atom. The molecule has 1 fully saturated rings. The molecule has 0 bridgehead atoms. The van der Waals surface area contributed by atoms with E-state index >= 15 is 0 Å². The quantitative estimate of drug-likeness (QED) is 0.0264. The lowest BCUT2D eigenvalue weighted by atomic mass is 9.99. The third-order valence-corrected chi connectivity index (χ3v) is 11.3. The van der Waals surface area contributed by atoms with Crippen molar-refractivity contribution in [2.45, 2.75) is 243 Å². The van der Waals surface area contributed by atoms with E-state index in [9.17, 15) is 30.3 Å². The molecule has 0 saturated carbocycles. The molecular formula is C51H91NO8. The maximum absolute atomic E-state index is 13.0. The van der Waals surface area contributed by atoms with Gasteiger partial charge in [0.15, 0.2) is 6.29 Å². The maximum atomic E-state index is 13.0. The molecule has 1 heterocycles. The van der Waals surface area contributed by atoms with Gasteiger partial charge in [-0.2, -0.15) is 0 Å². The van der Waals surface area contributed by atoms with Gasteiger partial charge >= 0.3 is 0 Å². The van der Waals surface area contributed by atoms with E-state index in [-0.39, 0.29) is 12.5 Å². The molecule has 1 saturated heterocycles. The number of allylic oxidation sites excluding steroid dienone is 9. The van der Waals surface area contributed by atoms with E-state index in [1.165, 1.54) is 103 Å². The number of amides is 1. The van der Waals surface area contributed by atoms with Crippen LogP contribution in [0.1, 0.15) is 200 Å². The summed E-state index contributed by atoms with van der Waals surface area (Å²) >= 11 is 0. The number of ether oxygens (including phenoxy) is 2. The van der Waals surface area contributed by atoms with Crippen molar-refractivity contribution in [3.05, 3.63) is 60.8 Å². The lowest BCUT2D eigenvalue weighted by Crippen LogP contribution is -2.60. The molecule has 1 amide bonds. The standard InChI is InChI=1S/C51H91NO8/c1-3-5-7-9-11-13-15-17-19-20-21-22-23-24-25-27-28-30-32-34-36-38-40-45(54)44(43-59-51-50(58)49(57)48(56)46(42-53)60-51)52-47(55)41-39-37-35-33-31-29-26-18-16-14-12-10-8-6-4-2/h6,8,12,14,18,26,30,32,38,40,44-46,48-51,53-54,56-58H,3-5,7,9-11,13,15-17,19-25,27-29,31,33-37,39,41-43H2,1-2H3,(H,52,55)/b8-6-,14-12-,26-18-,32-30+,40-38+. The highest BCUT2D eigenvalue weighted by atomic mass is 16.7. The number of hydrogen-bond donors (Lipinski definition) is 6. The first kappa shape index (κ1) is 55.9. The molecule has 0 aliphatic carbocycles. The number of hydrogen-bond acceptors (Lipinski definition) is 8. The molecule has 348 valence electrons. The Morgan fingerprint density at radius 2 is 1.05 bits per heavy atom. The molecule has 6 N–H and O–H groups in total. The van der Waals surface area contributed by atoms with Crippen LogP contribution in [0.5, 0.6) is 0 Å². The average Bonchev–Trinajstić information content (AvgIpc) is 3.25. The Bertz CT molecular complexity index is 1120. The first-order valence-corrected chi connectivity index (χ1v) is 24.5. The number of unbranched alkanes of at least 4 members (excludes halogenated alkanes) is 22. The van der Waals surface area contributed by atoms with Gasteiger partial charge in [-0.15, -0.1) is 0 Å². The molecule has 1 aliphatic rings. The van der Waals surface area contributed by atoms with Gasteiger partial charge in [-0.1, -0.05) is 190 Å². The summed E-state index contributed by atoms with van der Waals surface area (Å²) in [5, 5.41) is 54.2. The summed E-state index contributed by atoms with van der Waals surface area (Å²) in [6.45, 7) is 3.63. The molecule has 0 aromatic carbocycles. The average molecular weight is 846 g/mol. The molecule has 1 aliphatic heterocycles. The molecule has 1 rings (SSSR count). The first-order valence-electron chi connectivity index (χ1n) is 24.5. The zero-order valence-corrected chi connectivity index (χ0v) is 38.2. The summed E-state index contributed by atoms with van der Waals surface area (Å²) in [5.74, 6) is -0.206. The minimum atomic E-state index is -1.58. The van der Waals surface area contributed by atoms with E-state index in [1.807, 2.05) is 6.08 Å². The van der Waals surface area contributed by atoms with Crippen LogP contribution in [0.3, 0.4) is 0 Å².